The second kappa shape index (κ2) is 6.28. The Kier molecular flexibility index (Phi) is 4.70. The molecule has 0 aliphatic heterocycles. The minimum atomic E-state index is -0.186. The first kappa shape index (κ1) is 13.5. The summed E-state index contributed by atoms with van der Waals surface area (Å²) in [7, 11) is 1.91. The standard InChI is InChI=1S/C15H23FN2/c1-3-11-6-8-12(9-7-11)14(17-2)15-13(16)5-4-10-18-15/h4-5,10-12,14,17H,3,6-9H2,1-2H3. The Hall–Kier alpha value is -0.960. The maximum absolute atomic E-state index is 13.8. The maximum Gasteiger partial charge on any atom is 0.146 e. The third-order valence-corrected chi connectivity index (χ3v) is 4.33. The molecule has 1 fully saturated rings. The molecular formula is C15H23FN2. The van der Waals surface area contributed by atoms with Gasteiger partial charge in [0.25, 0.3) is 0 Å². The lowest BCUT2D eigenvalue weighted by Gasteiger charge is -2.33. The zero-order chi connectivity index (χ0) is 13.0. The molecule has 3 heteroatoms. The van der Waals surface area contributed by atoms with Crippen molar-refractivity contribution >= 4 is 0 Å². The van der Waals surface area contributed by atoms with Gasteiger partial charge in [-0.3, -0.25) is 4.98 Å². The van der Waals surface area contributed by atoms with Crippen LogP contribution in [-0.4, -0.2) is 12.0 Å². The molecule has 0 radical (unpaired) electrons. The quantitative estimate of drug-likeness (QED) is 0.881. The Morgan fingerprint density at radius 2 is 2.11 bits per heavy atom. The van der Waals surface area contributed by atoms with Crippen LogP contribution >= 0.6 is 0 Å². The van der Waals surface area contributed by atoms with Crippen molar-refractivity contribution in [3.8, 4) is 0 Å². The Bertz CT molecular complexity index is 373. The van der Waals surface area contributed by atoms with E-state index in [0.717, 1.165) is 5.92 Å². The van der Waals surface area contributed by atoms with Crippen molar-refractivity contribution < 1.29 is 4.39 Å². The van der Waals surface area contributed by atoms with Crippen LogP contribution in [-0.2, 0) is 0 Å². The molecule has 18 heavy (non-hydrogen) atoms. The molecule has 0 amide bonds. The summed E-state index contributed by atoms with van der Waals surface area (Å²) in [6.07, 6.45) is 7.86. The zero-order valence-electron chi connectivity index (χ0n) is 11.3. The lowest BCUT2D eigenvalue weighted by molar-refractivity contribution is 0.219. The second-order valence-corrected chi connectivity index (χ2v) is 5.33. The van der Waals surface area contributed by atoms with Crippen LogP contribution in [0.4, 0.5) is 4.39 Å². The van der Waals surface area contributed by atoms with Crippen molar-refractivity contribution in [2.24, 2.45) is 11.8 Å². The normalized spacial score (nSPS) is 25.9. The average Bonchev–Trinajstić information content (AvgIpc) is 2.42. The molecule has 2 nitrogen and oxygen atoms in total. The van der Waals surface area contributed by atoms with Gasteiger partial charge in [-0.05, 0) is 43.9 Å². The number of nitrogens with zero attached hydrogens (tertiary/aromatic N) is 1. The minimum absolute atomic E-state index is 0.0593. The summed E-state index contributed by atoms with van der Waals surface area (Å²) in [6, 6.07) is 3.22. The van der Waals surface area contributed by atoms with Crippen molar-refractivity contribution in [2.45, 2.75) is 45.1 Å². The van der Waals surface area contributed by atoms with Gasteiger partial charge >= 0.3 is 0 Å². The van der Waals surface area contributed by atoms with Crippen molar-refractivity contribution in [2.75, 3.05) is 7.05 Å². The number of pyridine rings is 1. The number of aromatic nitrogens is 1. The molecule has 1 aliphatic rings. The number of hydrogen-bond donors (Lipinski definition) is 1. The highest BCUT2D eigenvalue weighted by molar-refractivity contribution is 5.13. The zero-order valence-corrected chi connectivity index (χ0v) is 11.3. The van der Waals surface area contributed by atoms with Crippen LogP contribution in [0.25, 0.3) is 0 Å². The van der Waals surface area contributed by atoms with E-state index in [1.807, 2.05) is 7.05 Å². The number of hydrogen-bond acceptors (Lipinski definition) is 2. The van der Waals surface area contributed by atoms with Gasteiger partial charge in [0.2, 0.25) is 0 Å². The van der Waals surface area contributed by atoms with E-state index in [4.69, 9.17) is 0 Å². The Morgan fingerprint density at radius 1 is 1.39 bits per heavy atom. The molecule has 0 bridgehead atoms. The molecule has 0 saturated heterocycles. The molecule has 1 heterocycles. The van der Waals surface area contributed by atoms with E-state index in [1.54, 1.807) is 12.3 Å². The number of halogens is 1. The van der Waals surface area contributed by atoms with Crippen LogP contribution in [0.1, 0.15) is 50.8 Å². The van der Waals surface area contributed by atoms with E-state index in [0.29, 0.717) is 11.6 Å². The molecule has 1 saturated carbocycles. The SMILES string of the molecule is CCC1CCC(C(NC)c2ncccc2F)CC1. The smallest absolute Gasteiger partial charge is 0.146 e. The lowest BCUT2D eigenvalue weighted by Crippen LogP contribution is -2.30. The number of nitrogens with one attached hydrogen (secondary N) is 1. The topological polar surface area (TPSA) is 24.9 Å². The van der Waals surface area contributed by atoms with Gasteiger partial charge in [0.05, 0.1) is 11.7 Å². The fourth-order valence-electron chi connectivity index (χ4n) is 3.15. The highest BCUT2D eigenvalue weighted by Gasteiger charge is 2.29. The summed E-state index contributed by atoms with van der Waals surface area (Å²) in [5.41, 5.74) is 0.583. The third-order valence-electron chi connectivity index (χ3n) is 4.33. The Morgan fingerprint density at radius 3 is 2.67 bits per heavy atom. The van der Waals surface area contributed by atoms with Gasteiger partial charge in [0.1, 0.15) is 5.82 Å². The summed E-state index contributed by atoms with van der Waals surface area (Å²) in [5, 5.41) is 3.26. The van der Waals surface area contributed by atoms with Gasteiger partial charge in [-0.15, -0.1) is 0 Å². The molecule has 2 rings (SSSR count). The Balaban J connectivity index is 2.08. The molecule has 0 aromatic carbocycles. The van der Waals surface area contributed by atoms with Gasteiger partial charge in [-0.1, -0.05) is 26.2 Å². The molecule has 1 aliphatic carbocycles. The van der Waals surface area contributed by atoms with E-state index in [2.05, 4.69) is 17.2 Å². The first-order valence-electron chi connectivity index (χ1n) is 7.04. The lowest BCUT2D eigenvalue weighted by atomic mass is 9.77. The largest absolute Gasteiger partial charge is 0.311 e. The van der Waals surface area contributed by atoms with Gasteiger partial charge in [-0.2, -0.15) is 0 Å². The monoisotopic (exact) mass is 250 g/mol. The van der Waals surface area contributed by atoms with E-state index in [9.17, 15) is 4.39 Å². The van der Waals surface area contributed by atoms with Gasteiger partial charge in [0.15, 0.2) is 0 Å². The fourth-order valence-corrected chi connectivity index (χ4v) is 3.15. The first-order chi connectivity index (χ1) is 8.76. The van der Waals surface area contributed by atoms with Crippen LogP contribution in [0.3, 0.4) is 0 Å². The maximum atomic E-state index is 13.8. The minimum Gasteiger partial charge on any atom is -0.311 e. The highest BCUT2D eigenvalue weighted by Crippen LogP contribution is 2.37. The Labute approximate surface area is 109 Å². The molecule has 1 aromatic rings. The summed E-state index contributed by atoms with van der Waals surface area (Å²) < 4.78 is 13.8. The summed E-state index contributed by atoms with van der Waals surface area (Å²) in [5.74, 6) is 1.20. The molecule has 100 valence electrons. The average molecular weight is 250 g/mol. The van der Waals surface area contributed by atoms with E-state index in [1.165, 1.54) is 38.2 Å². The predicted octanol–water partition coefficient (Wildman–Crippen LogP) is 3.70. The van der Waals surface area contributed by atoms with Crippen molar-refractivity contribution in [3.63, 3.8) is 0 Å². The molecule has 1 N–H and O–H groups in total. The van der Waals surface area contributed by atoms with Gasteiger partial charge in [0, 0.05) is 6.20 Å². The van der Waals surface area contributed by atoms with Crippen LogP contribution in [0, 0.1) is 17.7 Å². The molecule has 1 aromatic heterocycles. The van der Waals surface area contributed by atoms with E-state index >= 15 is 0 Å². The second-order valence-electron chi connectivity index (χ2n) is 5.33. The van der Waals surface area contributed by atoms with Crippen molar-refractivity contribution in [1.29, 1.82) is 0 Å². The van der Waals surface area contributed by atoms with E-state index < -0.39 is 0 Å². The van der Waals surface area contributed by atoms with Crippen molar-refractivity contribution in [3.05, 3.63) is 29.8 Å². The summed E-state index contributed by atoms with van der Waals surface area (Å²) in [4.78, 5) is 4.23. The molecule has 0 spiro atoms. The van der Waals surface area contributed by atoms with Gasteiger partial charge < -0.3 is 5.32 Å². The van der Waals surface area contributed by atoms with Gasteiger partial charge in [-0.25, -0.2) is 4.39 Å². The van der Waals surface area contributed by atoms with Crippen LogP contribution in [0.5, 0.6) is 0 Å². The molecular weight excluding hydrogens is 227 g/mol. The molecule has 1 unspecified atom stereocenters. The highest BCUT2D eigenvalue weighted by atomic mass is 19.1. The first-order valence-corrected chi connectivity index (χ1v) is 7.04. The predicted molar refractivity (Wildman–Crippen MR) is 71.7 cm³/mol. The van der Waals surface area contributed by atoms with E-state index in [-0.39, 0.29) is 11.9 Å². The third kappa shape index (κ3) is 2.89. The van der Waals surface area contributed by atoms with Crippen LogP contribution in [0.2, 0.25) is 0 Å². The fraction of sp³-hybridized carbons (Fsp3) is 0.667. The molecule has 1 atom stereocenters. The van der Waals surface area contributed by atoms with Crippen LogP contribution in [0.15, 0.2) is 18.3 Å². The summed E-state index contributed by atoms with van der Waals surface area (Å²) >= 11 is 0. The van der Waals surface area contributed by atoms with Crippen molar-refractivity contribution in [1.82, 2.24) is 10.3 Å². The number of rotatable bonds is 4. The van der Waals surface area contributed by atoms with Crippen LogP contribution < -0.4 is 5.32 Å². The summed E-state index contributed by atoms with van der Waals surface area (Å²) in [6.45, 7) is 2.26.